The van der Waals surface area contributed by atoms with Gasteiger partial charge in [-0.1, -0.05) is 19.8 Å². The molecular formula is C11H22O4. The van der Waals surface area contributed by atoms with E-state index in [2.05, 4.69) is 6.92 Å². The quantitative estimate of drug-likeness (QED) is 0.437. The Morgan fingerprint density at radius 1 is 1.33 bits per heavy atom. The summed E-state index contributed by atoms with van der Waals surface area (Å²) in [6.45, 7) is 4.86. The maximum atomic E-state index is 10.4. The van der Waals surface area contributed by atoms with E-state index in [4.69, 9.17) is 14.2 Å². The molecule has 0 bridgehead atoms. The van der Waals surface area contributed by atoms with Gasteiger partial charge in [-0.15, -0.1) is 0 Å². The van der Waals surface area contributed by atoms with Gasteiger partial charge in [0.05, 0.1) is 19.3 Å². The summed E-state index contributed by atoms with van der Waals surface area (Å²) in [6.07, 6.45) is 3.47. The lowest BCUT2D eigenvalue weighted by atomic mass is 10.2. The molecule has 1 unspecified atom stereocenters. The largest absolute Gasteiger partial charge is 0.463 e. The van der Waals surface area contributed by atoms with Crippen molar-refractivity contribution in [1.82, 2.24) is 0 Å². The van der Waals surface area contributed by atoms with Crippen molar-refractivity contribution >= 4 is 5.97 Å². The van der Waals surface area contributed by atoms with Crippen LogP contribution in [0.15, 0.2) is 0 Å². The Labute approximate surface area is 91.9 Å². The van der Waals surface area contributed by atoms with Gasteiger partial charge in [-0.2, -0.15) is 0 Å². The SMILES string of the molecule is CCCCC(COCCOC(C)=O)OC. The van der Waals surface area contributed by atoms with Crippen LogP contribution in [0, 0.1) is 0 Å². The van der Waals surface area contributed by atoms with Crippen LogP contribution in [0.4, 0.5) is 0 Å². The van der Waals surface area contributed by atoms with Gasteiger partial charge in [0, 0.05) is 14.0 Å². The molecule has 90 valence electrons. The Bertz CT molecular complexity index is 159. The number of esters is 1. The Hall–Kier alpha value is -0.610. The first-order chi connectivity index (χ1) is 7.20. The smallest absolute Gasteiger partial charge is 0.302 e. The second-order valence-corrected chi connectivity index (χ2v) is 3.41. The predicted molar refractivity (Wildman–Crippen MR) is 57.8 cm³/mol. The molecule has 0 aromatic carbocycles. The van der Waals surface area contributed by atoms with Crippen molar-refractivity contribution in [1.29, 1.82) is 0 Å². The van der Waals surface area contributed by atoms with Crippen molar-refractivity contribution < 1.29 is 19.0 Å². The summed E-state index contributed by atoms with van der Waals surface area (Å²) >= 11 is 0. The van der Waals surface area contributed by atoms with Crippen LogP contribution < -0.4 is 0 Å². The van der Waals surface area contributed by atoms with Gasteiger partial charge in [0.15, 0.2) is 0 Å². The number of carbonyl (C=O) groups excluding carboxylic acids is 1. The molecule has 15 heavy (non-hydrogen) atoms. The van der Waals surface area contributed by atoms with Crippen molar-refractivity contribution in [3.63, 3.8) is 0 Å². The molecular weight excluding hydrogens is 196 g/mol. The molecule has 0 aromatic rings. The highest BCUT2D eigenvalue weighted by atomic mass is 16.6. The van der Waals surface area contributed by atoms with E-state index in [-0.39, 0.29) is 12.1 Å². The number of rotatable bonds is 9. The lowest BCUT2D eigenvalue weighted by Gasteiger charge is -2.14. The van der Waals surface area contributed by atoms with Crippen LogP contribution in [0.3, 0.4) is 0 Å². The molecule has 0 N–H and O–H groups in total. The first kappa shape index (κ1) is 14.4. The third-order valence-electron chi connectivity index (χ3n) is 2.05. The summed E-state index contributed by atoms with van der Waals surface area (Å²) in [5.74, 6) is -0.270. The Morgan fingerprint density at radius 2 is 2.07 bits per heavy atom. The molecule has 0 fully saturated rings. The predicted octanol–water partition coefficient (Wildman–Crippen LogP) is 1.77. The van der Waals surface area contributed by atoms with E-state index < -0.39 is 0 Å². The fourth-order valence-electron chi connectivity index (χ4n) is 1.16. The van der Waals surface area contributed by atoms with Crippen molar-refractivity contribution in [2.24, 2.45) is 0 Å². The van der Waals surface area contributed by atoms with E-state index in [1.54, 1.807) is 7.11 Å². The van der Waals surface area contributed by atoms with Gasteiger partial charge in [-0.25, -0.2) is 0 Å². The molecule has 0 heterocycles. The highest BCUT2D eigenvalue weighted by molar-refractivity contribution is 5.65. The maximum absolute atomic E-state index is 10.4. The average molecular weight is 218 g/mol. The number of methoxy groups -OCH3 is 1. The normalized spacial score (nSPS) is 12.5. The summed E-state index contributed by atoms with van der Waals surface area (Å²) in [5, 5.41) is 0. The lowest BCUT2D eigenvalue weighted by Crippen LogP contribution is -2.20. The molecule has 4 nitrogen and oxygen atoms in total. The van der Waals surface area contributed by atoms with Crippen LogP contribution in [0.1, 0.15) is 33.1 Å². The second-order valence-electron chi connectivity index (χ2n) is 3.41. The fraction of sp³-hybridized carbons (Fsp3) is 0.909. The van der Waals surface area contributed by atoms with Crippen LogP contribution in [0.5, 0.6) is 0 Å². The molecule has 4 heteroatoms. The number of carbonyl (C=O) groups is 1. The molecule has 0 amide bonds. The third-order valence-corrected chi connectivity index (χ3v) is 2.05. The average Bonchev–Trinajstić information content (AvgIpc) is 2.21. The Morgan fingerprint density at radius 3 is 2.60 bits per heavy atom. The fourth-order valence-corrected chi connectivity index (χ4v) is 1.16. The van der Waals surface area contributed by atoms with Crippen LogP contribution in [-0.4, -0.2) is 39.0 Å². The number of hydrogen-bond acceptors (Lipinski definition) is 4. The molecule has 0 aromatic heterocycles. The molecule has 0 aliphatic rings. The lowest BCUT2D eigenvalue weighted by molar-refractivity contribution is -0.142. The molecule has 0 radical (unpaired) electrons. The van der Waals surface area contributed by atoms with Gasteiger partial charge >= 0.3 is 5.97 Å². The van der Waals surface area contributed by atoms with Crippen LogP contribution in [0.25, 0.3) is 0 Å². The van der Waals surface area contributed by atoms with E-state index in [0.717, 1.165) is 19.3 Å². The maximum Gasteiger partial charge on any atom is 0.302 e. The number of ether oxygens (including phenoxy) is 3. The molecule has 0 saturated heterocycles. The van der Waals surface area contributed by atoms with Gasteiger partial charge in [0.2, 0.25) is 0 Å². The van der Waals surface area contributed by atoms with Crippen molar-refractivity contribution in [3.05, 3.63) is 0 Å². The van der Waals surface area contributed by atoms with Gasteiger partial charge < -0.3 is 14.2 Å². The van der Waals surface area contributed by atoms with E-state index in [9.17, 15) is 4.79 Å². The first-order valence-electron chi connectivity index (χ1n) is 5.44. The van der Waals surface area contributed by atoms with Crippen molar-refractivity contribution in [3.8, 4) is 0 Å². The molecule has 1 atom stereocenters. The first-order valence-corrected chi connectivity index (χ1v) is 5.44. The van der Waals surface area contributed by atoms with Gasteiger partial charge in [-0.3, -0.25) is 4.79 Å². The van der Waals surface area contributed by atoms with E-state index in [1.807, 2.05) is 0 Å². The number of hydrogen-bond donors (Lipinski definition) is 0. The van der Waals surface area contributed by atoms with Crippen molar-refractivity contribution in [2.75, 3.05) is 26.9 Å². The van der Waals surface area contributed by atoms with E-state index in [1.165, 1.54) is 6.92 Å². The van der Waals surface area contributed by atoms with E-state index in [0.29, 0.717) is 19.8 Å². The van der Waals surface area contributed by atoms with Crippen LogP contribution in [0.2, 0.25) is 0 Å². The summed E-state index contributed by atoms with van der Waals surface area (Å²) in [5.41, 5.74) is 0. The number of unbranched alkanes of at least 4 members (excludes halogenated alkanes) is 1. The van der Waals surface area contributed by atoms with Gasteiger partial charge in [0.25, 0.3) is 0 Å². The van der Waals surface area contributed by atoms with Gasteiger partial charge in [-0.05, 0) is 6.42 Å². The zero-order chi connectivity index (χ0) is 11.5. The minimum absolute atomic E-state index is 0.155. The van der Waals surface area contributed by atoms with Crippen molar-refractivity contribution in [2.45, 2.75) is 39.2 Å². The molecule has 0 aliphatic carbocycles. The zero-order valence-electron chi connectivity index (χ0n) is 9.95. The Kier molecular flexibility index (Phi) is 9.52. The van der Waals surface area contributed by atoms with Gasteiger partial charge in [0.1, 0.15) is 6.61 Å². The summed E-state index contributed by atoms with van der Waals surface area (Å²) in [6, 6.07) is 0. The molecule has 0 spiro atoms. The standard InChI is InChI=1S/C11H22O4/c1-4-5-6-11(13-3)9-14-7-8-15-10(2)12/h11H,4-9H2,1-3H3. The Balaban J connectivity index is 3.33. The summed E-state index contributed by atoms with van der Waals surface area (Å²) < 4.78 is 15.3. The minimum Gasteiger partial charge on any atom is -0.463 e. The minimum atomic E-state index is -0.270. The third kappa shape index (κ3) is 9.69. The summed E-state index contributed by atoms with van der Waals surface area (Å²) in [4.78, 5) is 10.4. The second kappa shape index (κ2) is 9.93. The highest BCUT2D eigenvalue weighted by Crippen LogP contribution is 2.04. The molecule has 0 saturated carbocycles. The topological polar surface area (TPSA) is 44.8 Å². The zero-order valence-corrected chi connectivity index (χ0v) is 9.95. The molecule has 0 rings (SSSR count). The molecule has 0 aliphatic heterocycles. The summed E-state index contributed by atoms with van der Waals surface area (Å²) in [7, 11) is 1.69. The monoisotopic (exact) mass is 218 g/mol. The van der Waals surface area contributed by atoms with E-state index >= 15 is 0 Å². The highest BCUT2D eigenvalue weighted by Gasteiger charge is 2.06. The van der Waals surface area contributed by atoms with Crippen LogP contribution >= 0.6 is 0 Å². The van der Waals surface area contributed by atoms with Crippen LogP contribution in [-0.2, 0) is 19.0 Å².